The Bertz CT molecular complexity index is 516. The third-order valence-corrected chi connectivity index (χ3v) is 2.82. The van der Waals surface area contributed by atoms with Crippen LogP contribution in [0, 0.1) is 0 Å². The number of hydrogen-bond acceptors (Lipinski definition) is 5. The Balaban J connectivity index is 2.46. The van der Waals surface area contributed by atoms with Gasteiger partial charge in [0.2, 0.25) is 0 Å². The average Bonchev–Trinajstić information content (AvgIpc) is 2.40. The van der Waals surface area contributed by atoms with Crippen molar-refractivity contribution < 1.29 is 24.2 Å². The Morgan fingerprint density at radius 1 is 1.42 bits per heavy atom. The van der Waals surface area contributed by atoms with Crippen molar-refractivity contribution >= 4 is 17.6 Å². The molecule has 0 bridgehead atoms. The van der Waals surface area contributed by atoms with E-state index in [4.69, 9.17) is 9.47 Å². The number of hydrogen-bond donors (Lipinski definition) is 1. The van der Waals surface area contributed by atoms with E-state index < -0.39 is 17.7 Å². The number of likely N-dealkylation sites (N-methyl/N-ethyl adjacent to an activating group) is 1. The molecule has 6 nitrogen and oxygen atoms in total. The lowest BCUT2D eigenvalue weighted by Gasteiger charge is -2.36. The number of benzene rings is 1. The van der Waals surface area contributed by atoms with E-state index in [1.54, 1.807) is 38.1 Å². The molecule has 1 aliphatic heterocycles. The number of rotatable bonds is 3. The van der Waals surface area contributed by atoms with Crippen molar-refractivity contribution in [2.45, 2.75) is 19.6 Å². The number of carbonyl (C=O) groups excluding carboxylic acids is 2. The molecule has 1 N–H and O–H groups in total. The summed E-state index contributed by atoms with van der Waals surface area (Å²) in [5.74, 6) is -4.29. The molecule has 1 amide bonds. The summed E-state index contributed by atoms with van der Waals surface area (Å²) in [5, 5.41) is 10.2. The number of esters is 1. The summed E-state index contributed by atoms with van der Waals surface area (Å²) < 4.78 is 9.87. The molecule has 1 unspecified atom stereocenters. The van der Waals surface area contributed by atoms with Crippen LogP contribution < -0.4 is 9.64 Å². The summed E-state index contributed by atoms with van der Waals surface area (Å²) in [5.41, 5.74) is 0.518. The van der Waals surface area contributed by atoms with E-state index in [9.17, 15) is 14.7 Å². The van der Waals surface area contributed by atoms with E-state index >= 15 is 0 Å². The van der Waals surface area contributed by atoms with Gasteiger partial charge in [0.25, 0.3) is 0 Å². The number of amides is 1. The van der Waals surface area contributed by atoms with Crippen LogP contribution in [0.2, 0.25) is 0 Å². The van der Waals surface area contributed by atoms with E-state index in [1.165, 1.54) is 4.90 Å². The molecule has 102 valence electrons. The molecule has 0 saturated carbocycles. The number of anilines is 1. The van der Waals surface area contributed by atoms with Crippen molar-refractivity contribution in [3.05, 3.63) is 24.3 Å². The molecule has 1 aromatic carbocycles. The molecule has 0 radical (unpaired) electrons. The highest BCUT2D eigenvalue weighted by Crippen LogP contribution is 2.36. The number of aliphatic hydroxyl groups is 1. The Morgan fingerprint density at radius 2 is 2.11 bits per heavy atom. The van der Waals surface area contributed by atoms with Crippen LogP contribution in [0.4, 0.5) is 5.69 Å². The zero-order chi connectivity index (χ0) is 14.0. The molecule has 2 rings (SSSR count). The van der Waals surface area contributed by atoms with E-state index in [0.717, 1.165) is 0 Å². The fourth-order valence-corrected chi connectivity index (χ4v) is 1.93. The first-order valence-electron chi connectivity index (χ1n) is 6.04. The van der Waals surface area contributed by atoms with Crippen LogP contribution in [0.3, 0.4) is 0 Å². The minimum Gasteiger partial charge on any atom is -0.461 e. The second-order valence-electron chi connectivity index (χ2n) is 3.98. The van der Waals surface area contributed by atoms with Crippen molar-refractivity contribution in [1.82, 2.24) is 0 Å². The molecule has 1 aromatic rings. The Labute approximate surface area is 110 Å². The minimum atomic E-state index is -2.61. The van der Waals surface area contributed by atoms with Gasteiger partial charge in [-0.25, -0.2) is 4.79 Å². The van der Waals surface area contributed by atoms with Gasteiger partial charge in [-0.1, -0.05) is 12.1 Å². The zero-order valence-corrected chi connectivity index (χ0v) is 10.8. The lowest BCUT2D eigenvalue weighted by molar-refractivity contribution is -0.202. The summed E-state index contributed by atoms with van der Waals surface area (Å²) in [4.78, 5) is 25.3. The summed E-state index contributed by atoms with van der Waals surface area (Å²) in [7, 11) is 0. The van der Waals surface area contributed by atoms with Crippen molar-refractivity contribution in [1.29, 1.82) is 0 Å². The standard InChI is InChI=1S/C13H15NO5/c1-3-14-9-7-5-6-8-10(9)19-13(17,11(14)15)12(16)18-4-2/h5-8,17H,3-4H2,1-2H3. The van der Waals surface area contributed by atoms with E-state index in [0.29, 0.717) is 12.2 Å². The SMILES string of the molecule is CCOC(=O)C1(O)Oc2ccccc2N(CC)C1=O. The van der Waals surface area contributed by atoms with Gasteiger partial charge in [0, 0.05) is 6.54 Å². The van der Waals surface area contributed by atoms with Crippen molar-refractivity contribution in [3.63, 3.8) is 0 Å². The molecule has 1 aliphatic rings. The van der Waals surface area contributed by atoms with Crippen LogP contribution in [-0.4, -0.2) is 35.9 Å². The molecule has 1 heterocycles. The minimum absolute atomic E-state index is 0.0472. The highest BCUT2D eigenvalue weighted by atomic mass is 16.7. The van der Waals surface area contributed by atoms with Gasteiger partial charge in [0.05, 0.1) is 12.3 Å². The number of carbonyl (C=O) groups is 2. The first-order chi connectivity index (χ1) is 9.04. The maximum Gasteiger partial charge on any atom is 0.390 e. The Hall–Kier alpha value is -2.08. The topological polar surface area (TPSA) is 76.1 Å². The first kappa shape index (κ1) is 13.4. The van der Waals surface area contributed by atoms with E-state index in [2.05, 4.69) is 0 Å². The Kier molecular flexibility index (Phi) is 3.44. The molecule has 1 atom stereocenters. The number of ether oxygens (including phenoxy) is 2. The molecule has 0 fully saturated rings. The maximum atomic E-state index is 12.2. The third kappa shape index (κ3) is 2.04. The van der Waals surface area contributed by atoms with Gasteiger partial charge in [0.1, 0.15) is 5.75 Å². The van der Waals surface area contributed by atoms with Crippen molar-refractivity contribution in [2.24, 2.45) is 0 Å². The smallest absolute Gasteiger partial charge is 0.390 e. The molecule has 0 spiro atoms. The van der Waals surface area contributed by atoms with Gasteiger partial charge in [-0.15, -0.1) is 0 Å². The molecule has 0 saturated heterocycles. The van der Waals surface area contributed by atoms with E-state index in [-0.39, 0.29) is 12.4 Å². The van der Waals surface area contributed by atoms with Crippen LogP contribution >= 0.6 is 0 Å². The largest absolute Gasteiger partial charge is 0.461 e. The molecular weight excluding hydrogens is 250 g/mol. The highest BCUT2D eigenvalue weighted by Gasteiger charge is 2.54. The number of fused-ring (bicyclic) bond motifs is 1. The lowest BCUT2D eigenvalue weighted by atomic mass is 10.1. The van der Waals surface area contributed by atoms with Crippen LogP contribution in [0.15, 0.2) is 24.3 Å². The van der Waals surface area contributed by atoms with E-state index in [1.807, 2.05) is 0 Å². The van der Waals surface area contributed by atoms with Gasteiger partial charge < -0.3 is 19.5 Å². The fourth-order valence-electron chi connectivity index (χ4n) is 1.93. The van der Waals surface area contributed by atoms with Gasteiger partial charge in [-0.05, 0) is 26.0 Å². The van der Waals surface area contributed by atoms with Crippen LogP contribution in [0.1, 0.15) is 13.8 Å². The molecule has 6 heteroatoms. The second kappa shape index (κ2) is 4.89. The number of nitrogens with zero attached hydrogens (tertiary/aromatic N) is 1. The van der Waals surface area contributed by atoms with Crippen LogP contribution in [-0.2, 0) is 14.3 Å². The van der Waals surface area contributed by atoms with Gasteiger partial charge in [0.15, 0.2) is 0 Å². The summed E-state index contributed by atoms with van der Waals surface area (Å²) >= 11 is 0. The maximum absolute atomic E-state index is 12.2. The summed E-state index contributed by atoms with van der Waals surface area (Å²) in [6, 6.07) is 6.69. The highest BCUT2D eigenvalue weighted by molar-refractivity contribution is 6.13. The van der Waals surface area contributed by atoms with Gasteiger partial charge in [-0.3, -0.25) is 4.79 Å². The Morgan fingerprint density at radius 3 is 2.74 bits per heavy atom. The van der Waals surface area contributed by atoms with Crippen molar-refractivity contribution in [3.8, 4) is 5.75 Å². The van der Waals surface area contributed by atoms with Gasteiger partial charge in [-0.2, -0.15) is 0 Å². The average molecular weight is 265 g/mol. The second-order valence-corrected chi connectivity index (χ2v) is 3.98. The first-order valence-corrected chi connectivity index (χ1v) is 6.04. The molecular formula is C13H15NO5. The normalized spacial score (nSPS) is 21.6. The predicted octanol–water partition coefficient (Wildman–Crippen LogP) is 0.684. The predicted molar refractivity (Wildman–Crippen MR) is 66.7 cm³/mol. The van der Waals surface area contributed by atoms with Crippen molar-refractivity contribution in [2.75, 3.05) is 18.1 Å². The van der Waals surface area contributed by atoms with Crippen LogP contribution in [0.25, 0.3) is 0 Å². The molecule has 0 aliphatic carbocycles. The molecule has 19 heavy (non-hydrogen) atoms. The third-order valence-electron chi connectivity index (χ3n) is 2.82. The molecule has 0 aromatic heterocycles. The van der Waals surface area contributed by atoms with Crippen LogP contribution in [0.5, 0.6) is 5.75 Å². The lowest BCUT2D eigenvalue weighted by Crippen LogP contribution is -2.61. The quantitative estimate of drug-likeness (QED) is 0.642. The zero-order valence-electron chi connectivity index (χ0n) is 10.8. The number of para-hydroxylation sites is 2. The van der Waals surface area contributed by atoms with Gasteiger partial charge >= 0.3 is 17.7 Å². The monoisotopic (exact) mass is 265 g/mol. The summed E-state index contributed by atoms with van der Waals surface area (Å²) in [6.07, 6.45) is 0. The summed E-state index contributed by atoms with van der Waals surface area (Å²) in [6.45, 7) is 3.68. The fraction of sp³-hybridized carbons (Fsp3) is 0.385.